The van der Waals surface area contributed by atoms with Crippen molar-refractivity contribution >= 4 is 11.6 Å². The third-order valence-electron chi connectivity index (χ3n) is 4.69. The highest BCUT2D eigenvalue weighted by molar-refractivity contribution is 5.89. The predicted molar refractivity (Wildman–Crippen MR) is 104 cm³/mol. The smallest absolute Gasteiger partial charge is 0.221 e. The van der Waals surface area contributed by atoms with Gasteiger partial charge < -0.3 is 10.1 Å². The normalized spacial score (nSPS) is 16.9. The lowest BCUT2D eigenvalue weighted by Gasteiger charge is -2.25. The minimum absolute atomic E-state index is 0.0561. The number of nitrogens with zero attached hydrogens (tertiary/aromatic N) is 3. The Morgan fingerprint density at radius 3 is 2.56 bits per heavy atom. The number of carbonyl (C=O) groups is 1. The van der Waals surface area contributed by atoms with Crippen LogP contribution in [0.1, 0.15) is 32.4 Å². The summed E-state index contributed by atoms with van der Waals surface area (Å²) in [5, 5.41) is 7.47. The number of amides is 1. The first-order valence-corrected chi connectivity index (χ1v) is 9.20. The predicted octanol–water partition coefficient (Wildman–Crippen LogP) is 4.27. The molecule has 4 rings (SSSR count). The zero-order chi connectivity index (χ0) is 18.6. The Bertz CT molecular complexity index is 913. The fourth-order valence-corrected chi connectivity index (χ4v) is 3.44. The number of rotatable bonds is 4. The fourth-order valence-electron chi connectivity index (χ4n) is 3.44. The van der Waals surface area contributed by atoms with E-state index in [1.807, 2.05) is 47.3 Å². The van der Waals surface area contributed by atoms with Crippen LogP contribution < -0.4 is 5.32 Å². The van der Waals surface area contributed by atoms with Crippen LogP contribution in [0, 0.1) is 0 Å². The number of carbonyl (C=O) groups excluding carboxylic acids is 1. The Labute approximate surface area is 158 Å². The summed E-state index contributed by atoms with van der Waals surface area (Å²) in [5.74, 6) is -0.0825. The van der Waals surface area contributed by atoms with E-state index < -0.39 is 0 Å². The summed E-state index contributed by atoms with van der Waals surface area (Å²) in [6.07, 6.45) is 8.59. The molecule has 0 radical (unpaired) electrons. The molecule has 1 saturated heterocycles. The number of anilines is 1. The molecule has 6 heteroatoms. The highest BCUT2D eigenvalue weighted by atomic mass is 16.5. The molecule has 0 spiro atoms. The summed E-state index contributed by atoms with van der Waals surface area (Å²) < 4.78 is 7.97. The van der Waals surface area contributed by atoms with Gasteiger partial charge >= 0.3 is 0 Å². The van der Waals surface area contributed by atoms with Crippen molar-refractivity contribution in [3.05, 3.63) is 55.0 Å². The minimum atomic E-state index is -0.0825. The summed E-state index contributed by atoms with van der Waals surface area (Å²) in [6.45, 7) is 2.26. The molecule has 3 heterocycles. The molecule has 3 aromatic rings. The molecule has 1 aromatic carbocycles. The van der Waals surface area contributed by atoms with Gasteiger partial charge in [-0.25, -0.2) is 4.68 Å². The standard InChI is InChI=1S/C21H22N4O2/c1-15(26)24-18-7-5-17(6-8-18)21-19(16-9-11-22-12-10-16)14-23-25(21)20-4-2-3-13-27-20/h5-12,14,20H,2-4,13H2,1H3,(H,24,26). The Morgan fingerprint density at radius 1 is 1.11 bits per heavy atom. The molecule has 1 aliphatic rings. The van der Waals surface area contributed by atoms with Crippen molar-refractivity contribution in [3.63, 3.8) is 0 Å². The maximum atomic E-state index is 11.3. The lowest BCUT2D eigenvalue weighted by atomic mass is 10.0. The van der Waals surface area contributed by atoms with Crippen LogP contribution in [0.4, 0.5) is 5.69 Å². The van der Waals surface area contributed by atoms with Crippen molar-refractivity contribution in [1.29, 1.82) is 0 Å². The second-order valence-corrected chi connectivity index (χ2v) is 6.67. The molecule has 1 N–H and O–H groups in total. The van der Waals surface area contributed by atoms with E-state index in [-0.39, 0.29) is 12.1 Å². The zero-order valence-electron chi connectivity index (χ0n) is 15.3. The second kappa shape index (κ2) is 7.72. The molecule has 1 fully saturated rings. The Balaban J connectivity index is 1.78. The van der Waals surface area contributed by atoms with Gasteiger partial charge in [0.1, 0.15) is 0 Å². The van der Waals surface area contributed by atoms with Crippen LogP contribution in [0.15, 0.2) is 55.0 Å². The van der Waals surface area contributed by atoms with Crippen LogP contribution >= 0.6 is 0 Å². The average Bonchev–Trinajstić information content (AvgIpc) is 3.15. The first-order chi connectivity index (χ1) is 13.2. The summed E-state index contributed by atoms with van der Waals surface area (Å²) >= 11 is 0. The number of hydrogen-bond donors (Lipinski definition) is 1. The molecule has 1 aliphatic heterocycles. The molecule has 27 heavy (non-hydrogen) atoms. The second-order valence-electron chi connectivity index (χ2n) is 6.67. The van der Waals surface area contributed by atoms with Gasteiger partial charge in [0, 0.05) is 42.7 Å². The van der Waals surface area contributed by atoms with Crippen LogP contribution in [0.5, 0.6) is 0 Å². The molecule has 0 bridgehead atoms. The maximum absolute atomic E-state index is 11.3. The third kappa shape index (κ3) is 3.75. The Kier molecular flexibility index (Phi) is 4.98. The zero-order valence-corrected chi connectivity index (χ0v) is 15.3. The quantitative estimate of drug-likeness (QED) is 0.752. The summed E-state index contributed by atoms with van der Waals surface area (Å²) in [5.41, 5.74) is 4.92. The van der Waals surface area contributed by atoms with E-state index in [9.17, 15) is 4.79 Å². The van der Waals surface area contributed by atoms with Crippen molar-refractivity contribution in [2.24, 2.45) is 0 Å². The number of aromatic nitrogens is 3. The average molecular weight is 362 g/mol. The van der Waals surface area contributed by atoms with Crippen molar-refractivity contribution in [3.8, 4) is 22.4 Å². The van der Waals surface area contributed by atoms with E-state index in [1.54, 1.807) is 12.4 Å². The minimum Gasteiger partial charge on any atom is -0.356 e. The number of benzene rings is 1. The van der Waals surface area contributed by atoms with Crippen LogP contribution in [0.25, 0.3) is 22.4 Å². The van der Waals surface area contributed by atoms with Gasteiger partial charge in [0.15, 0.2) is 6.23 Å². The largest absolute Gasteiger partial charge is 0.356 e. The number of hydrogen-bond acceptors (Lipinski definition) is 4. The van der Waals surface area contributed by atoms with E-state index >= 15 is 0 Å². The van der Waals surface area contributed by atoms with Crippen molar-refractivity contribution in [1.82, 2.24) is 14.8 Å². The van der Waals surface area contributed by atoms with Crippen molar-refractivity contribution in [2.45, 2.75) is 32.4 Å². The molecule has 1 atom stereocenters. The van der Waals surface area contributed by atoms with Gasteiger partial charge in [-0.2, -0.15) is 5.10 Å². The Hall–Kier alpha value is -2.99. The van der Waals surface area contributed by atoms with Gasteiger partial charge in [-0.15, -0.1) is 0 Å². The topological polar surface area (TPSA) is 69.0 Å². The van der Waals surface area contributed by atoms with Crippen LogP contribution in [0.2, 0.25) is 0 Å². The van der Waals surface area contributed by atoms with Gasteiger partial charge in [0.25, 0.3) is 0 Å². The van der Waals surface area contributed by atoms with Crippen LogP contribution in [0.3, 0.4) is 0 Å². The molecule has 2 aromatic heterocycles. The highest BCUT2D eigenvalue weighted by Crippen LogP contribution is 2.36. The third-order valence-corrected chi connectivity index (χ3v) is 4.69. The molecular formula is C21H22N4O2. The maximum Gasteiger partial charge on any atom is 0.221 e. The molecule has 6 nitrogen and oxygen atoms in total. The summed E-state index contributed by atoms with van der Waals surface area (Å²) in [4.78, 5) is 15.4. The first kappa shape index (κ1) is 17.4. The molecule has 138 valence electrons. The van der Waals surface area contributed by atoms with Gasteiger partial charge in [-0.1, -0.05) is 12.1 Å². The molecule has 1 amide bonds. The van der Waals surface area contributed by atoms with Gasteiger partial charge in [-0.3, -0.25) is 9.78 Å². The van der Waals surface area contributed by atoms with Gasteiger partial charge in [0.05, 0.1) is 11.9 Å². The lowest BCUT2D eigenvalue weighted by Crippen LogP contribution is -2.20. The van der Waals surface area contributed by atoms with E-state index in [1.165, 1.54) is 6.92 Å². The van der Waals surface area contributed by atoms with E-state index in [2.05, 4.69) is 15.4 Å². The van der Waals surface area contributed by atoms with Gasteiger partial charge in [-0.05, 0) is 49.1 Å². The van der Waals surface area contributed by atoms with Crippen molar-refractivity contribution < 1.29 is 9.53 Å². The molecule has 1 unspecified atom stereocenters. The summed E-state index contributed by atoms with van der Waals surface area (Å²) in [7, 11) is 0. The van der Waals surface area contributed by atoms with E-state index in [4.69, 9.17) is 4.74 Å². The number of ether oxygens (including phenoxy) is 1. The van der Waals surface area contributed by atoms with Crippen LogP contribution in [-0.4, -0.2) is 27.3 Å². The summed E-state index contributed by atoms with van der Waals surface area (Å²) in [6, 6.07) is 11.8. The van der Waals surface area contributed by atoms with E-state index in [0.29, 0.717) is 0 Å². The first-order valence-electron chi connectivity index (χ1n) is 9.20. The molecule has 0 aliphatic carbocycles. The SMILES string of the molecule is CC(=O)Nc1ccc(-c2c(-c3ccncc3)cnn2C2CCCCO2)cc1. The molecule has 0 saturated carbocycles. The number of pyridine rings is 1. The lowest BCUT2D eigenvalue weighted by molar-refractivity contribution is -0.114. The van der Waals surface area contributed by atoms with Crippen molar-refractivity contribution in [2.75, 3.05) is 11.9 Å². The molecular weight excluding hydrogens is 340 g/mol. The fraction of sp³-hybridized carbons (Fsp3) is 0.286. The van der Waals surface area contributed by atoms with Gasteiger partial charge in [0.2, 0.25) is 5.91 Å². The highest BCUT2D eigenvalue weighted by Gasteiger charge is 2.23. The van der Waals surface area contributed by atoms with Crippen LogP contribution in [-0.2, 0) is 9.53 Å². The monoisotopic (exact) mass is 362 g/mol. The Morgan fingerprint density at radius 2 is 1.89 bits per heavy atom. The number of nitrogens with one attached hydrogen (secondary N) is 1. The van der Waals surface area contributed by atoms with E-state index in [0.717, 1.165) is 53.9 Å².